The normalized spacial score (nSPS) is 17.1. The van der Waals surface area contributed by atoms with Crippen LogP contribution in [0.3, 0.4) is 0 Å². The van der Waals surface area contributed by atoms with E-state index in [4.69, 9.17) is 14.6 Å². The lowest BCUT2D eigenvalue weighted by Gasteiger charge is -2.15. The van der Waals surface area contributed by atoms with Crippen molar-refractivity contribution in [2.45, 2.75) is 25.2 Å². The second-order valence-corrected chi connectivity index (χ2v) is 5.70. The summed E-state index contributed by atoms with van der Waals surface area (Å²) in [6.07, 6.45) is -0.929. The van der Waals surface area contributed by atoms with Crippen LogP contribution in [0, 0.1) is 5.82 Å². The summed E-state index contributed by atoms with van der Waals surface area (Å²) in [6, 6.07) is 13.6. The van der Waals surface area contributed by atoms with Gasteiger partial charge in [0, 0.05) is 6.07 Å². The zero-order valence-electron chi connectivity index (χ0n) is 12.9. The fourth-order valence-corrected chi connectivity index (χ4v) is 2.54. The molecule has 1 saturated heterocycles. The molecule has 0 saturated carbocycles. The molecule has 1 aliphatic heterocycles. The van der Waals surface area contributed by atoms with E-state index in [1.807, 2.05) is 30.3 Å². The number of epoxide rings is 1. The number of carbonyl (C=O) groups is 1. The Balaban J connectivity index is 1.67. The molecule has 1 heterocycles. The minimum Gasteiger partial charge on any atom is -0.489 e. The monoisotopic (exact) mass is 331 g/mol. The molecular weight excluding hydrogens is 313 g/mol. The van der Waals surface area contributed by atoms with E-state index in [1.165, 1.54) is 12.1 Å². The Morgan fingerprint density at radius 2 is 2.04 bits per heavy atom. The summed E-state index contributed by atoms with van der Waals surface area (Å²) in [4.78, 5) is 10.9. The number of amides is 1. The van der Waals surface area contributed by atoms with Gasteiger partial charge in [-0.2, -0.15) is 0 Å². The highest BCUT2D eigenvalue weighted by Crippen LogP contribution is 2.22. The average molecular weight is 331 g/mol. The fraction of sp³-hybridized carbons (Fsp3) is 0.278. The molecule has 1 aliphatic rings. The zero-order chi connectivity index (χ0) is 16.9. The van der Waals surface area contributed by atoms with Crippen LogP contribution in [0.1, 0.15) is 11.1 Å². The van der Waals surface area contributed by atoms with Crippen molar-refractivity contribution in [3.63, 3.8) is 0 Å². The van der Waals surface area contributed by atoms with Gasteiger partial charge in [0.1, 0.15) is 24.3 Å². The van der Waals surface area contributed by atoms with Crippen LogP contribution in [0.2, 0.25) is 0 Å². The molecule has 2 atom stereocenters. The summed E-state index contributed by atoms with van der Waals surface area (Å²) in [6.45, 7) is 0.851. The van der Waals surface area contributed by atoms with Gasteiger partial charge < -0.3 is 19.9 Å². The second kappa shape index (κ2) is 7.31. The van der Waals surface area contributed by atoms with Crippen molar-refractivity contribution in [3.05, 3.63) is 65.5 Å². The van der Waals surface area contributed by atoms with Crippen LogP contribution in [-0.2, 0) is 17.8 Å². The molecule has 0 aromatic heterocycles. The molecule has 0 radical (unpaired) electrons. The number of hydrogen-bond acceptors (Lipinski definition) is 3. The highest BCUT2D eigenvalue weighted by atomic mass is 19.1. The summed E-state index contributed by atoms with van der Waals surface area (Å²) in [7, 11) is 0. The minimum absolute atomic E-state index is 0.155. The SMILES string of the molecule is O=C(O)N[C@@H](Cc1cc(F)cc(OCc2ccccc2)c1)[C@H]1CO1. The van der Waals surface area contributed by atoms with E-state index in [0.29, 0.717) is 30.9 Å². The van der Waals surface area contributed by atoms with Gasteiger partial charge in [-0.25, -0.2) is 9.18 Å². The highest BCUT2D eigenvalue weighted by Gasteiger charge is 2.34. The molecule has 2 aromatic carbocycles. The zero-order valence-corrected chi connectivity index (χ0v) is 12.9. The third-order valence-electron chi connectivity index (χ3n) is 3.75. The predicted molar refractivity (Wildman–Crippen MR) is 85.6 cm³/mol. The van der Waals surface area contributed by atoms with Gasteiger partial charge in [0.25, 0.3) is 0 Å². The lowest BCUT2D eigenvalue weighted by Crippen LogP contribution is -2.39. The fourth-order valence-electron chi connectivity index (χ4n) is 2.54. The van der Waals surface area contributed by atoms with Crippen LogP contribution in [0.4, 0.5) is 9.18 Å². The maximum absolute atomic E-state index is 13.8. The number of nitrogens with one attached hydrogen (secondary N) is 1. The van der Waals surface area contributed by atoms with Gasteiger partial charge in [0.2, 0.25) is 0 Å². The smallest absolute Gasteiger partial charge is 0.404 e. The van der Waals surface area contributed by atoms with E-state index in [9.17, 15) is 9.18 Å². The third kappa shape index (κ3) is 4.70. The number of benzene rings is 2. The topological polar surface area (TPSA) is 71.1 Å². The van der Waals surface area contributed by atoms with Crippen molar-refractivity contribution in [2.75, 3.05) is 6.61 Å². The number of hydrogen-bond donors (Lipinski definition) is 2. The molecule has 5 nitrogen and oxygen atoms in total. The lowest BCUT2D eigenvalue weighted by atomic mass is 10.0. The minimum atomic E-state index is -1.12. The molecule has 126 valence electrons. The van der Waals surface area contributed by atoms with Gasteiger partial charge in [-0.1, -0.05) is 30.3 Å². The van der Waals surface area contributed by atoms with Gasteiger partial charge in [-0.3, -0.25) is 0 Å². The summed E-state index contributed by atoms with van der Waals surface area (Å²) in [5, 5.41) is 11.3. The Kier molecular flexibility index (Phi) is 4.96. The van der Waals surface area contributed by atoms with Gasteiger partial charge in [0.05, 0.1) is 12.6 Å². The third-order valence-corrected chi connectivity index (χ3v) is 3.75. The van der Waals surface area contributed by atoms with E-state index in [2.05, 4.69) is 5.32 Å². The molecule has 2 aromatic rings. The Bertz CT molecular complexity index is 703. The molecule has 24 heavy (non-hydrogen) atoms. The molecular formula is C18H18FNO4. The van der Waals surface area contributed by atoms with E-state index in [0.717, 1.165) is 5.56 Å². The van der Waals surface area contributed by atoms with Gasteiger partial charge >= 0.3 is 6.09 Å². The maximum atomic E-state index is 13.8. The first-order chi connectivity index (χ1) is 11.6. The second-order valence-electron chi connectivity index (χ2n) is 5.70. The summed E-state index contributed by atoms with van der Waals surface area (Å²) in [5.74, 6) is 0.000922. The van der Waals surface area contributed by atoms with E-state index >= 15 is 0 Å². The maximum Gasteiger partial charge on any atom is 0.404 e. The molecule has 0 bridgehead atoms. The molecule has 1 fully saturated rings. The molecule has 1 amide bonds. The van der Waals surface area contributed by atoms with Crippen LogP contribution in [-0.4, -0.2) is 30.0 Å². The largest absolute Gasteiger partial charge is 0.489 e. The van der Waals surface area contributed by atoms with E-state index in [-0.39, 0.29) is 6.10 Å². The van der Waals surface area contributed by atoms with Crippen molar-refractivity contribution in [1.29, 1.82) is 0 Å². The van der Waals surface area contributed by atoms with Crippen molar-refractivity contribution in [2.24, 2.45) is 0 Å². The van der Waals surface area contributed by atoms with E-state index in [1.54, 1.807) is 6.07 Å². The van der Waals surface area contributed by atoms with Crippen molar-refractivity contribution >= 4 is 6.09 Å². The van der Waals surface area contributed by atoms with Crippen molar-refractivity contribution in [1.82, 2.24) is 5.32 Å². The standard InChI is InChI=1S/C18H18FNO4/c19-14-6-13(8-16(17-11-24-17)20-18(21)22)7-15(9-14)23-10-12-4-2-1-3-5-12/h1-7,9,16-17,20H,8,10-11H2,(H,21,22)/t16-,17+/m0/s1. The lowest BCUT2D eigenvalue weighted by molar-refractivity contribution is 0.186. The van der Waals surface area contributed by atoms with Crippen LogP contribution < -0.4 is 10.1 Å². The molecule has 3 rings (SSSR count). The summed E-state index contributed by atoms with van der Waals surface area (Å²) >= 11 is 0. The number of carboxylic acid groups (broad SMARTS) is 1. The number of rotatable bonds is 7. The molecule has 6 heteroatoms. The van der Waals surface area contributed by atoms with Gasteiger partial charge in [0.15, 0.2) is 0 Å². The first kappa shape index (κ1) is 16.3. The number of ether oxygens (including phenoxy) is 2. The Labute approximate surface area is 139 Å². The molecule has 0 unspecified atom stereocenters. The average Bonchev–Trinajstić information content (AvgIpc) is 3.37. The first-order valence-corrected chi connectivity index (χ1v) is 7.67. The molecule has 0 spiro atoms. The Morgan fingerprint density at radius 1 is 1.29 bits per heavy atom. The van der Waals surface area contributed by atoms with Crippen molar-refractivity contribution in [3.8, 4) is 5.75 Å². The molecule has 0 aliphatic carbocycles. The Morgan fingerprint density at radius 3 is 2.71 bits per heavy atom. The summed E-state index contributed by atoms with van der Waals surface area (Å²) in [5.41, 5.74) is 1.65. The van der Waals surface area contributed by atoms with Crippen molar-refractivity contribution < 1.29 is 23.8 Å². The Hall–Kier alpha value is -2.60. The molecule has 2 N–H and O–H groups in total. The first-order valence-electron chi connectivity index (χ1n) is 7.67. The van der Waals surface area contributed by atoms with Crippen LogP contribution >= 0.6 is 0 Å². The van der Waals surface area contributed by atoms with Crippen LogP contribution in [0.25, 0.3) is 0 Å². The quantitative estimate of drug-likeness (QED) is 0.765. The van der Waals surface area contributed by atoms with E-state index < -0.39 is 18.0 Å². The van der Waals surface area contributed by atoms with Crippen LogP contribution in [0.5, 0.6) is 5.75 Å². The van der Waals surface area contributed by atoms with Gasteiger partial charge in [-0.15, -0.1) is 0 Å². The predicted octanol–water partition coefficient (Wildman–Crippen LogP) is 2.98. The summed E-state index contributed by atoms with van der Waals surface area (Å²) < 4.78 is 24.6. The highest BCUT2D eigenvalue weighted by molar-refractivity contribution is 5.65. The number of halogens is 1. The van der Waals surface area contributed by atoms with Gasteiger partial charge in [-0.05, 0) is 29.7 Å². The van der Waals surface area contributed by atoms with Crippen LogP contribution in [0.15, 0.2) is 48.5 Å².